The average molecular weight is 495 g/mol. The molecule has 4 aromatic rings. The summed E-state index contributed by atoms with van der Waals surface area (Å²) in [4.78, 5) is 17.5. The van der Waals surface area contributed by atoms with Gasteiger partial charge in [-0.05, 0) is 38.5 Å². The predicted octanol–water partition coefficient (Wildman–Crippen LogP) is 4.23. The number of aryl methyl sites for hydroxylation is 2. The molecule has 3 heterocycles. The van der Waals surface area contributed by atoms with Crippen LogP contribution in [0.3, 0.4) is 0 Å². The van der Waals surface area contributed by atoms with Gasteiger partial charge in [0.1, 0.15) is 12.4 Å². The van der Waals surface area contributed by atoms with Crippen LogP contribution in [-0.4, -0.2) is 44.1 Å². The molecule has 9 nitrogen and oxygen atoms in total. The van der Waals surface area contributed by atoms with Crippen LogP contribution in [0.25, 0.3) is 17.2 Å². The van der Waals surface area contributed by atoms with Crippen molar-refractivity contribution in [1.29, 1.82) is 0 Å². The SMILES string of the molecule is C#CCOc1ccc([C@H]2CC(=O)Nc3c2c(C)nn3-c2nncc(-c3ccc(C)cc3)n2)cc1OCC. The van der Waals surface area contributed by atoms with E-state index in [1.165, 1.54) is 0 Å². The number of fused-ring (bicyclic) bond motifs is 1. The molecule has 5 rings (SSSR count). The monoisotopic (exact) mass is 494 g/mol. The van der Waals surface area contributed by atoms with Crippen molar-refractivity contribution in [1.82, 2.24) is 25.0 Å². The fourth-order valence-corrected chi connectivity index (χ4v) is 4.47. The Hall–Kier alpha value is -4.71. The number of nitrogens with one attached hydrogen (secondary N) is 1. The van der Waals surface area contributed by atoms with Crippen molar-refractivity contribution >= 4 is 11.7 Å². The smallest absolute Gasteiger partial charge is 0.272 e. The maximum absolute atomic E-state index is 12.9. The van der Waals surface area contributed by atoms with Crippen molar-refractivity contribution in [2.45, 2.75) is 33.1 Å². The summed E-state index contributed by atoms with van der Waals surface area (Å²) in [6.45, 7) is 6.43. The molecule has 1 atom stereocenters. The van der Waals surface area contributed by atoms with Crippen molar-refractivity contribution in [3.63, 3.8) is 0 Å². The van der Waals surface area contributed by atoms with Crippen molar-refractivity contribution in [2.75, 3.05) is 18.5 Å². The molecule has 0 saturated heterocycles. The van der Waals surface area contributed by atoms with Gasteiger partial charge in [-0.25, -0.2) is 4.98 Å². The molecule has 0 radical (unpaired) electrons. The summed E-state index contributed by atoms with van der Waals surface area (Å²) < 4.78 is 13.0. The molecular formula is C28H26N6O3. The largest absolute Gasteiger partial charge is 0.490 e. The van der Waals surface area contributed by atoms with Gasteiger partial charge in [0, 0.05) is 23.5 Å². The van der Waals surface area contributed by atoms with Crippen molar-refractivity contribution in [3.8, 4) is 41.0 Å². The third-order valence-electron chi connectivity index (χ3n) is 6.17. The first kappa shape index (κ1) is 24.0. The Morgan fingerprint density at radius 2 is 1.95 bits per heavy atom. The topological polar surface area (TPSA) is 104 Å². The number of ether oxygens (including phenoxy) is 2. The zero-order valence-corrected chi connectivity index (χ0v) is 20.9. The number of carbonyl (C=O) groups excluding carboxylic acids is 1. The van der Waals surface area contributed by atoms with E-state index in [1.807, 2.05) is 63.2 Å². The van der Waals surface area contributed by atoms with E-state index in [0.717, 1.165) is 27.9 Å². The van der Waals surface area contributed by atoms with Gasteiger partial charge in [-0.2, -0.15) is 14.9 Å². The lowest BCUT2D eigenvalue weighted by molar-refractivity contribution is -0.116. The zero-order chi connectivity index (χ0) is 25.9. The fourth-order valence-electron chi connectivity index (χ4n) is 4.47. The van der Waals surface area contributed by atoms with Crippen LogP contribution in [0.5, 0.6) is 11.5 Å². The third kappa shape index (κ3) is 4.74. The third-order valence-corrected chi connectivity index (χ3v) is 6.17. The minimum absolute atomic E-state index is 0.132. The molecule has 1 N–H and O–H groups in total. The standard InChI is InChI=1S/C28H26N6O3/c1-5-13-37-23-12-11-20(14-24(23)36-6-2)21-15-25(35)31-27-26(21)18(4)33-34(27)28-30-22(16-29-32-28)19-9-7-17(3)8-10-19/h1,7-12,14,16,21H,6,13,15H2,2-4H3,(H,31,35)/t21-/m1/s1. The Bertz CT molecular complexity index is 1500. The number of carbonyl (C=O) groups is 1. The Morgan fingerprint density at radius 3 is 2.70 bits per heavy atom. The number of benzene rings is 2. The van der Waals surface area contributed by atoms with E-state index in [9.17, 15) is 4.79 Å². The van der Waals surface area contributed by atoms with E-state index in [-0.39, 0.29) is 30.8 Å². The lowest BCUT2D eigenvalue weighted by Gasteiger charge is -2.25. The summed E-state index contributed by atoms with van der Waals surface area (Å²) in [5.74, 6) is 4.03. The molecule has 1 aliphatic rings. The average Bonchev–Trinajstić information content (AvgIpc) is 3.24. The van der Waals surface area contributed by atoms with Gasteiger partial charge in [-0.3, -0.25) is 4.79 Å². The van der Waals surface area contributed by atoms with Crippen molar-refractivity contribution in [2.24, 2.45) is 0 Å². The number of hydrogen-bond acceptors (Lipinski definition) is 7. The highest BCUT2D eigenvalue weighted by Gasteiger charge is 2.34. The number of terminal acetylenes is 1. The highest BCUT2D eigenvalue weighted by atomic mass is 16.5. The second-order valence-electron chi connectivity index (χ2n) is 8.70. The Kier molecular flexibility index (Phi) is 6.56. The summed E-state index contributed by atoms with van der Waals surface area (Å²) in [5.41, 5.74) is 5.28. The van der Waals surface area contributed by atoms with Gasteiger partial charge >= 0.3 is 0 Å². The Balaban J connectivity index is 1.56. The number of rotatable bonds is 7. The van der Waals surface area contributed by atoms with Crippen LogP contribution in [0.15, 0.2) is 48.7 Å². The van der Waals surface area contributed by atoms with Gasteiger partial charge in [0.2, 0.25) is 5.91 Å². The molecular weight excluding hydrogens is 468 g/mol. The van der Waals surface area contributed by atoms with Gasteiger partial charge < -0.3 is 14.8 Å². The van der Waals surface area contributed by atoms with Gasteiger partial charge in [0.15, 0.2) is 11.5 Å². The van der Waals surface area contributed by atoms with Gasteiger partial charge in [0.05, 0.1) is 24.2 Å². The molecule has 1 aliphatic heterocycles. The van der Waals surface area contributed by atoms with Crippen LogP contribution in [0.4, 0.5) is 5.82 Å². The molecule has 1 amide bonds. The first-order valence-electron chi connectivity index (χ1n) is 12.0. The number of amides is 1. The van der Waals surface area contributed by atoms with E-state index in [4.69, 9.17) is 21.0 Å². The van der Waals surface area contributed by atoms with Crippen LogP contribution in [-0.2, 0) is 4.79 Å². The molecule has 0 aliphatic carbocycles. The van der Waals surface area contributed by atoms with E-state index < -0.39 is 0 Å². The summed E-state index contributed by atoms with van der Waals surface area (Å²) >= 11 is 0. The molecule has 0 unspecified atom stereocenters. The predicted molar refractivity (Wildman–Crippen MR) is 139 cm³/mol. The summed E-state index contributed by atoms with van der Waals surface area (Å²) in [6.07, 6.45) is 7.22. The van der Waals surface area contributed by atoms with Crippen LogP contribution < -0.4 is 14.8 Å². The molecule has 0 fully saturated rings. The first-order chi connectivity index (χ1) is 18.0. The summed E-state index contributed by atoms with van der Waals surface area (Å²) in [7, 11) is 0. The summed E-state index contributed by atoms with van der Waals surface area (Å²) in [5, 5.41) is 16.0. The lowest BCUT2D eigenvalue weighted by Crippen LogP contribution is -2.25. The maximum atomic E-state index is 12.9. The quantitative estimate of drug-likeness (QED) is 0.384. The number of aromatic nitrogens is 5. The van der Waals surface area contributed by atoms with Gasteiger partial charge in [-0.15, -0.1) is 11.5 Å². The van der Waals surface area contributed by atoms with Gasteiger partial charge in [-0.1, -0.05) is 41.8 Å². The number of anilines is 1. The second kappa shape index (κ2) is 10.1. The first-order valence-corrected chi connectivity index (χ1v) is 12.0. The van der Waals surface area contributed by atoms with Crippen molar-refractivity contribution < 1.29 is 14.3 Å². The molecule has 2 aromatic heterocycles. The Morgan fingerprint density at radius 1 is 1.14 bits per heavy atom. The minimum atomic E-state index is -0.244. The minimum Gasteiger partial charge on any atom is -0.490 e. The van der Waals surface area contributed by atoms with Crippen LogP contribution >= 0.6 is 0 Å². The normalized spacial score (nSPS) is 14.4. The number of hydrogen-bond donors (Lipinski definition) is 1. The molecule has 186 valence electrons. The van der Waals surface area contributed by atoms with E-state index >= 15 is 0 Å². The van der Waals surface area contributed by atoms with E-state index in [2.05, 4.69) is 26.4 Å². The number of nitrogens with zero attached hydrogens (tertiary/aromatic N) is 5. The molecule has 0 saturated carbocycles. The van der Waals surface area contributed by atoms with Crippen LogP contribution in [0, 0.1) is 26.2 Å². The molecule has 37 heavy (non-hydrogen) atoms. The highest BCUT2D eigenvalue weighted by Crippen LogP contribution is 2.42. The molecule has 9 heteroatoms. The Labute approximate surface area is 214 Å². The second-order valence-corrected chi connectivity index (χ2v) is 8.70. The molecule has 0 spiro atoms. The lowest BCUT2D eigenvalue weighted by atomic mass is 9.85. The van der Waals surface area contributed by atoms with Crippen molar-refractivity contribution in [3.05, 3.63) is 71.0 Å². The molecule has 0 bridgehead atoms. The maximum Gasteiger partial charge on any atom is 0.272 e. The van der Waals surface area contributed by atoms with Gasteiger partial charge in [0.25, 0.3) is 5.95 Å². The van der Waals surface area contributed by atoms with E-state index in [0.29, 0.717) is 29.6 Å². The zero-order valence-electron chi connectivity index (χ0n) is 20.9. The van der Waals surface area contributed by atoms with Crippen LogP contribution in [0.2, 0.25) is 0 Å². The highest BCUT2D eigenvalue weighted by molar-refractivity contribution is 5.95. The van der Waals surface area contributed by atoms with E-state index in [1.54, 1.807) is 10.9 Å². The van der Waals surface area contributed by atoms with Crippen LogP contribution in [0.1, 0.15) is 41.6 Å². The summed E-state index contributed by atoms with van der Waals surface area (Å²) in [6, 6.07) is 13.6. The molecule has 2 aromatic carbocycles. The fraction of sp³-hybridized carbons (Fsp3) is 0.250.